The van der Waals surface area contributed by atoms with E-state index in [1.807, 2.05) is 0 Å². The third-order valence-electron chi connectivity index (χ3n) is 3.38. The maximum Gasteiger partial charge on any atom is 0.141 e. The molecular weight excluding hydrogens is 239 g/mol. The first-order valence-electron chi connectivity index (χ1n) is 5.78. The second-order valence-corrected chi connectivity index (χ2v) is 5.29. The fourth-order valence-corrected chi connectivity index (χ4v) is 1.67. The Labute approximate surface area is 107 Å². The molecule has 0 radical (unpaired) electrons. The fourth-order valence-electron chi connectivity index (χ4n) is 1.47. The van der Waals surface area contributed by atoms with Crippen LogP contribution in [-0.2, 0) is 6.54 Å². The van der Waals surface area contributed by atoms with Crippen molar-refractivity contribution in [2.75, 3.05) is 6.54 Å². The molecule has 0 bridgehead atoms. The van der Waals surface area contributed by atoms with Crippen LogP contribution in [0.4, 0.5) is 4.39 Å². The molecule has 0 saturated carbocycles. The SMILES string of the molecule is CC(C)C(C)(CN)NCc1ccc(F)c(Cl)c1. The van der Waals surface area contributed by atoms with E-state index in [2.05, 4.69) is 26.1 Å². The maximum absolute atomic E-state index is 13.0. The van der Waals surface area contributed by atoms with Gasteiger partial charge in [0.2, 0.25) is 0 Å². The van der Waals surface area contributed by atoms with Gasteiger partial charge in [-0.15, -0.1) is 0 Å². The quantitative estimate of drug-likeness (QED) is 0.852. The van der Waals surface area contributed by atoms with Gasteiger partial charge >= 0.3 is 0 Å². The molecule has 0 aliphatic carbocycles. The van der Waals surface area contributed by atoms with Gasteiger partial charge in [0.25, 0.3) is 0 Å². The van der Waals surface area contributed by atoms with Crippen LogP contribution < -0.4 is 11.1 Å². The van der Waals surface area contributed by atoms with Gasteiger partial charge < -0.3 is 11.1 Å². The molecular formula is C13H20ClFN2. The van der Waals surface area contributed by atoms with E-state index in [9.17, 15) is 4.39 Å². The molecule has 0 aromatic heterocycles. The Morgan fingerprint density at radius 2 is 2.12 bits per heavy atom. The first kappa shape index (κ1) is 14.4. The van der Waals surface area contributed by atoms with E-state index in [4.69, 9.17) is 17.3 Å². The lowest BCUT2D eigenvalue weighted by atomic mass is 9.88. The summed E-state index contributed by atoms with van der Waals surface area (Å²) in [6.45, 7) is 7.52. The normalized spacial score (nSPS) is 15.0. The number of hydrogen-bond donors (Lipinski definition) is 2. The summed E-state index contributed by atoms with van der Waals surface area (Å²) < 4.78 is 13.0. The largest absolute Gasteiger partial charge is 0.329 e. The second kappa shape index (κ2) is 5.80. The highest BCUT2D eigenvalue weighted by atomic mass is 35.5. The van der Waals surface area contributed by atoms with Crippen LogP contribution in [0, 0.1) is 11.7 Å². The molecule has 1 unspecified atom stereocenters. The summed E-state index contributed by atoms with van der Waals surface area (Å²) in [6.07, 6.45) is 0. The minimum absolute atomic E-state index is 0.124. The second-order valence-electron chi connectivity index (χ2n) is 4.88. The molecule has 0 heterocycles. The summed E-state index contributed by atoms with van der Waals surface area (Å²) >= 11 is 5.73. The third-order valence-corrected chi connectivity index (χ3v) is 3.67. The van der Waals surface area contributed by atoms with E-state index in [1.54, 1.807) is 12.1 Å². The first-order chi connectivity index (χ1) is 7.89. The summed E-state index contributed by atoms with van der Waals surface area (Å²) in [4.78, 5) is 0. The predicted molar refractivity (Wildman–Crippen MR) is 70.5 cm³/mol. The molecule has 3 N–H and O–H groups in total. The molecule has 1 atom stereocenters. The van der Waals surface area contributed by atoms with Gasteiger partial charge in [-0.3, -0.25) is 0 Å². The molecule has 0 aliphatic rings. The molecule has 17 heavy (non-hydrogen) atoms. The Hall–Kier alpha value is -0.640. The molecule has 0 amide bonds. The first-order valence-corrected chi connectivity index (χ1v) is 6.16. The molecule has 1 rings (SSSR count). The van der Waals surface area contributed by atoms with Crippen molar-refractivity contribution in [3.8, 4) is 0 Å². The Balaban J connectivity index is 2.69. The van der Waals surface area contributed by atoms with Crippen molar-refractivity contribution in [3.63, 3.8) is 0 Å². The minimum atomic E-state index is -0.388. The zero-order chi connectivity index (χ0) is 13.1. The molecule has 0 spiro atoms. The number of nitrogens with one attached hydrogen (secondary N) is 1. The Bertz CT molecular complexity index is 382. The van der Waals surface area contributed by atoms with E-state index in [-0.39, 0.29) is 16.4 Å². The van der Waals surface area contributed by atoms with Crippen LogP contribution in [0.25, 0.3) is 0 Å². The number of nitrogens with two attached hydrogens (primary N) is 1. The number of halogens is 2. The molecule has 2 nitrogen and oxygen atoms in total. The molecule has 0 aliphatic heterocycles. The highest BCUT2D eigenvalue weighted by Gasteiger charge is 2.25. The topological polar surface area (TPSA) is 38.0 Å². The van der Waals surface area contributed by atoms with Crippen molar-refractivity contribution in [2.24, 2.45) is 11.7 Å². The van der Waals surface area contributed by atoms with E-state index >= 15 is 0 Å². The summed E-state index contributed by atoms with van der Waals surface area (Å²) in [5, 5.41) is 3.56. The van der Waals surface area contributed by atoms with Crippen LogP contribution in [-0.4, -0.2) is 12.1 Å². The molecule has 0 fully saturated rings. The van der Waals surface area contributed by atoms with Gasteiger partial charge in [0, 0.05) is 18.6 Å². The highest BCUT2D eigenvalue weighted by Crippen LogP contribution is 2.18. The standard InChI is InChI=1S/C13H20ClFN2/c1-9(2)13(3,8-16)17-7-10-4-5-12(15)11(14)6-10/h4-6,9,17H,7-8,16H2,1-3H3. The van der Waals surface area contributed by atoms with Crippen LogP contribution in [0.1, 0.15) is 26.3 Å². The van der Waals surface area contributed by atoms with Gasteiger partial charge in [0.1, 0.15) is 5.82 Å². The molecule has 96 valence electrons. The Morgan fingerprint density at radius 3 is 2.59 bits per heavy atom. The lowest BCUT2D eigenvalue weighted by Crippen LogP contribution is -2.52. The molecule has 1 aromatic rings. The van der Waals surface area contributed by atoms with Crippen LogP contribution in [0.15, 0.2) is 18.2 Å². The fraction of sp³-hybridized carbons (Fsp3) is 0.538. The average molecular weight is 259 g/mol. The number of rotatable bonds is 5. The van der Waals surface area contributed by atoms with Crippen LogP contribution >= 0.6 is 11.6 Å². The van der Waals surface area contributed by atoms with E-state index < -0.39 is 0 Å². The van der Waals surface area contributed by atoms with Gasteiger partial charge in [-0.2, -0.15) is 0 Å². The van der Waals surface area contributed by atoms with E-state index in [0.29, 0.717) is 19.0 Å². The molecule has 0 saturated heterocycles. The summed E-state index contributed by atoms with van der Waals surface area (Å²) in [6, 6.07) is 4.75. The van der Waals surface area contributed by atoms with Crippen LogP contribution in [0.5, 0.6) is 0 Å². The van der Waals surface area contributed by atoms with Gasteiger partial charge in [-0.05, 0) is 30.5 Å². The van der Waals surface area contributed by atoms with Crippen molar-refractivity contribution in [1.82, 2.24) is 5.32 Å². The van der Waals surface area contributed by atoms with Crippen molar-refractivity contribution in [2.45, 2.75) is 32.9 Å². The van der Waals surface area contributed by atoms with Gasteiger partial charge in [0.05, 0.1) is 5.02 Å². The van der Waals surface area contributed by atoms with E-state index in [1.165, 1.54) is 6.07 Å². The Kier molecular flexibility index (Phi) is 4.92. The van der Waals surface area contributed by atoms with Crippen molar-refractivity contribution < 1.29 is 4.39 Å². The zero-order valence-electron chi connectivity index (χ0n) is 10.6. The number of benzene rings is 1. The van der Waals surface area contributed by atoms with Crippen molar-refractivity contribution >= 4 is 11.6 Å². The number of hydrogen-bond acceptors (Lipinski definition) is 2. The summed E-state index contributed by atoms with van der Waals surface area (Å²) in [5.74, 6) is 0.0317. The minimum Gasteiger partial charge on any atom is -0.329 e. The van der Waals surface area contributed by atoms with Crippen LogP contribution in [0.2, 0.25) is 5.02 Å². The Morgan fingerprint density at radius 1 is 1.47 bits per heavy atom. The highest BCUT2D eigenvalue weighted by molar-refractivity contribution is 6.30. The monoisotopic (exact) mass is 258 g/mol. The molecule has 1 aromatic carbocycles. The maximum atomic E-state index is 13.0. The van der Waals surface area contributed by atoms with Gasteiger partial charge in [-0.1, -0.05) is 31.5 Å². The average Bonchev–Trinajstić information content (AvgIpc) is 2.30. The van der Waals surface area contributed by atoms with Gasteiger partial charge in [-0.25, -0.2) is 4.39 Å². The smallest absolute Gasteiger partial charge is 0.141 e. The van der Waals surface area contributed by atoms with E-state index in [0.717, 1.165) is 5.56 Å². The van der Waals surface area contributed by atoms with Crippen LogP contribution in [0.3, 0.4) is 0 Å². The third kappa shape index (κ3) is 3.66. The molecule has 4 heteroatoms. The van der Waals surface area contributed by atoms with Crippen molar-refractivity contribution in [3.05, 3.63) is 34.6 Å². The zero-order valence-corrected chi connectivity index (χ0v) is 11.3. The van der Waals surface area contributed by atoms with Gasteiger partial charge in [0.15, 0.2) is 0 Å². The summed E-state index contributed by atoms with van der Waals surface area (Å²) in [5.41, 5.74) is 6.61. The lowest BCUT2D eigenvalue weighted by molar-refractivity contribution is 0.267. The van der Waals surface area contributed by atoms with Crippen molar-refractivity contribution in [1.29, 1.82) is 0 Å². The lowest BCUT2D eigenvalue weighted by Gasteiger charge is -2.34. The predicted octanol–water partition coefficient (Wildman–Crippen LogP) is 2.94. The summed E-state index contributed by atoms with van der Waals surface area (Å²) in [7, 11) is 0.